The highest BCUT2D eigenvalue weighted by Crippen LogP contribution is 2.38. The van der Waals surface area contributed by atoms with Crippen LogP contribution >= 0.6 is 0 Å². The number of amides is 1. The van der Waals surface area contributed by atoms with Gasteiger partial charge in [-0.2, -0.15) is 8.42 Å². The number of carboxylic acids is 1. The summed E-state index contributed by atoms with van der Waals surface area (Å²) in [6.45, 7) is 0.00937. The third kappa shape index (κ3) is 2.98. The standard InChI is InChI=1S/C10H14FNO5S/c11-18(16,17)5-6-3-8(13)12(4-6)9(10(14)15)7-1-2-7/h6-7,9H,1-5H2,(H,14,15). The predicted octanol–water partition coefficient (Wildman–Crippen LogP) is -0.00260. The Morgan fingerprint density at radius 1 is 1.50 bits per heavy atom. The first-order valence-electron chi connectivity index (χ1n) is 5.72. The first kappa shape index (κ1) is 13.3. The largest absolute Gasteiger partial charge is 0.480 e. The molecule has 1 N–H and O–H groups in total. The third-order valence-electron chi connectivity index (χ3n) is 3.33. The van der Waals surface area contributed by atoms with E-state index in [0.717, 1.165) is 12.8 Å². The molecule has 1 saturated carbocycles. The molecule has 2 unspecified atom stereocenters. The quantitative estimate of drug-likeness (QED) is 0.715. The van der Waals surface area contributed by atoms with Gasteiger partial charge in [0.15, 0.2) is 0 Å². The van der Waals surface area contributed by atoms with Crippen LogP contribution < -0.4 is 0 Å². The lowest BCUT2D eigenvalue weighted by atomic mass is 10.1. The second-order valence-electron chi connectivity index (χ2n) is 4.94. The van der Waals surface area contributed by atoms with E-state index >= 15 is 0 Å². The number of hydrogen-bond donors (Lipinski definition) is 1. The number of likely N-dealkylation sites (tertiary alicyclic amines) is 1. The lowest BCUT2D eigenvalue weighted by molar-refractivity contribution is -0.149. The molecule has 2 atom stereocenters. The van der Waals surface area contributed by atoms with Crippen LogP contribution in [0.3, 0.4) is 0 Å². The van der Waals surface area contributed by atoms with Crippen LogP contribution in [-0.4, -0.2) is 48.6 Å². The van der Waals surface area contributed by atoms with Gasteiger partial charge in [0, 0.05) is 18.9 Å². The van der Waals surface area contributed by atoms with Gasteiger partial charge in [0.25, 0.3) is 0 Å². The first-order chi connectivity index (χ1) is 8.28. The Kier molecular flexibility index (Phi) is 3.31. The molecular weight excluding hydrogens is 265 g/mol. The van der Waals surface area contributed by atoms with E-state index < -0.39 is 39.8 Å². The number of carbonyl (C=O) groups excluding carboxylic acids is 1. The minimum Gasteiger partial charge on any atom is -0.480 e. The van der Waals surface area contributed by atoms with Crippen LogP contribution in [0.15, 0.2) is 0 Å². The Labute approximate surface area is 104 Å². The van der Waals surface area contributed by atoms with Gasteiger partial charge in [0.1, 0.15) is 6.04 Å². The first-order valence-corrected chi connectivity index (χ1v) is 7.28. The van der Waals surface area contributed by atoms with Crippen molar-refractivity contribution in [2.24, 2.45) is 11.8 Å². The number of carbonyl (C=O) groups is 2. The molecule has 18 heavy (non-hydrogen) atoms. The maximum atomic E-state index is 12.6. The van der Waals surface area contributed by atoms with Crippen molar-refractivity contribution in [1.82, 2.24) is 4.90 Å². The molecule has 0 radical (unpaired) electrons. The van der Waals surface area contributed by atoms with Crippen LogP contribution in [0.2, 0.25) is 0 Å². The number of aliphatic carboxylic acids is 1. The molecule has 1 aliphatic heterocycles. The number of rotatable bonds is 5. The molecule has 1 heterocycles. The number of nitrogens with zero attached hydrogens (tertiary/aromatic N) is 1. The fraction of sp³-hybridized carbons (Fsp3) is 0.800. The molecule has 6 nitrogen and oxygen atoms in total. The second kappa shape index (κ2) is 4.49. The SMILES string of the molecule is O=C(O)C(C1CC1)N1CC(CS(=O)(=O)F)CC1=O. The van der Waals surface area contributed by atoms with Gasteiger partial charge >= 0.3 is 16.2 Å². The summed E-state index contributed by atoms with van der Waals surface area (Å²) < 4.78 is 33.6. The molecule has 2 aliphatic rings. The maximum absolute atomic E-state index is 12.6. The molecule has 0 spiro atoms. The molecule has 0 aromatic carbocycles. The van der Waals surface area contributed by atoms with Crippen molar-refractivity contribution >= 4 is 22.1 Å². The summed E-state index contributed by atoms with van der Waals surface area (Å²) in [4.78, 5) is 24.0. The molecule has 1 amide bonds. The van der Waals surface area contributed by atoms with E-state index in [-0.39, 0.29) is 18.9 Å². The van der Waals surface area contributed by atoms with Crippen molar-refractivity contribution < 1.29 is 27.0 Å². The zero-order valence-corrected chi connectivity index (χ0v) is 10.4. The lowest BCUT2D eigenvalue weighted by Gasteiger charge is -2.24. The molecule has 0 aromatic rings. The van der Waals surface area contributed by atoms with Crippen LogP contribution in [0.1, 0.15) is 19.3 Å². The van der Waals surface area contributed by atoms with E-state index in [9.17, 15) is 21.9 Å². The third-order valence-corrected chi connectivity index (χ3v) is 4.20. The van der Waals surface area contributed by atoms with Gasteiger partial charge in [-0.1, -0.05) is 0 Å². The van der Waals surface area contributed by atoms with Crippen molar-refractivity contribution in [3.8, 4) is 0 Å². The summed E-state index contributed by atoms with van der Waals surface area (Å²) in [5, 5.41) is 9.09. The second-order valence-corrected chi connectivity index (χ2v) is 6.35. The van der Waals surface area contributed by atoms with E-state index in [1.54, 1.807) is 0 Å². The van der Waals surface area contributed by atoms with E-state index in [1.165, 1.54) is 4.90 Å². The summed E-state index contributed by atoms with van der Waals surface area (Å²) in [7, 11) is -4.63. The van der Waals surface area contributed by atoms with Crippen LogP contribution in [-0.2, 0) is 19.8 Å². The van der Waals surface area contributed by atoms with Crippen LogP contribution in [0.4, 0.5) is 3.89 Å². The molecule has 0 aromatic heterocycles. The minimum atomic E-state index is -4.63. The molecule has 1 aliphatic carbocycles. The fourth-order valence-electron chi connectivity index (χ4n) is 2.47. The average molecular weight is 279 g/mol. The highest BCUT2D eigenvalue weighted by atomic mass is 32.3. The Hall–Kier alpha value is -1.18. The number of carboxylic acid groups (broad SMARTS) is 1. The zero-order valence-electron chi connectivity index (χ0n) is 9.58. The van der Waals surface area contributed by atoms with Crippen LogP contribution in [0, 0.1) is 11.8 Å². The van der Waals surface area contributed by atoms with Gasteiger partial charge in [-0.05, 0) is 18.8 Å². The summed E-state index contributed by atoms with van der Waals surface area (Å²) in [5.41, 5.74) is 0. The molecule has 0 bridgehead atoms. The summed E-state index contributed by atoms with van der Waals surface area (Å²) >= 11 is 0. The van der Waals surface area contributed by atoms with Gasteiger partial charge < -0.3 is 10.0 Å². The van der Waals surface area contributed by atoms with Crippen molar-refractivity contribution in [2.45, 2.75) is 25.3 Å². The number of hydrogen-bond acceptors (Lipinski definition) is 4. The molecule has 2 rings (SSSR count). The average Bonchev–Trinajstić information content (AvgIpc) is 2.91. The molecule has 2 fully saturated rings. The van der Waals surface area contributed by atoms with E-state index in [0.29, 0.717) is 0 Å². The molecule has 8 heteroatoms. The van der Waals surface area contributed by atoms with E-state index in [2.05, 4.69) is 0 Å². The highest BCUT2D eigenvalue weighted by Gasteiger charge is 2.46. The Balaban J connectivity index is 2.06. The highest BCUT2D eigenvalue weighted by molar-refractivity contribution is 7.86. The van der Waals surface area contributed by atoms with Gasteiger partial charge in [-0.15, -0.1) is 3.89 Å². The molecular formula is C10H14FNO5S. The topological polar surface area (TPSA) is 91.8 Å². The van der Waals surface area contributed by atoms with Gasteiger partial charge in [-0.3, -0.25) is 4.79 Å². The Bertz CT molecular complexity index is 473. The van der Waals surface area contributed by atoms with E-state index in [4.69, 9.17) is 5.11 Å². The van der Waals surface area contributed by atoms with Crippen LogP contribution in [0.25, 0.3) is 0 Å². The lowest BCUT2D eigenvalue weighted by Crippen LogP contribution is -2.43. The fourth-order valence-corrected chi connectivity index (χ4v) is 3.26. The predicted molar refractivity (Wildman–Crippen MR) is 58.9 cm³/mol. The zero-order chi connectivity index (χ0) is 13.5. The molecule has 102 valence electrons. The van der Waals surface area contributed by atoms with Crippen molar-refractivity contribution in [3.05, 3.63) is 0 Å². The van der Waals surface area contributed by atoms with Gasteiger partial charge in [-0.25, -0.2) is 4.79 Å². The van der Waals surface area contributed by atoms with Crippen LogP contribution in [0.5, 0.6) is 0 Å². The normalized spacial score (nSPS) is 26.4. The van der Waals surface area contributed by atoms with Gasteiger partial charge in [0.05, 0.1) is 5.75 Å². The van der Waals surface area contributed by atoms with Crippen molar-refractivity contribution in [2.75, 3.05) is 12.3 Å². The minimum absolute atomic E-state index is 0.00937. The van der Waals surface area contributed by atoms with Crippen molar-refractivity contribution in [3.63, 3.8) is 0 Å². The monoisotopic (exact) mass is 279 g/mol. The summed E-state index contributed by atoms with van der Waals surface area (Å²) in [5.74, 6) is -2.88. The smallest absolute Gasteiger partial charge is 0.326 e. The van der Waals surface area contributed by atoms with Gasteiger partial charge in [0.2, 0.25) is 5.91 Å². The van der Waals surface area contributed by atoms with Crippen molar-refractivity contribution in [1.29, 1.82) is 0 Å². The van der Waals surface area contributed by atoms with E-state index in [1.807, 2.05) is 0 Å². The number of halogens is 1. The maximum Gasteiger partial charge on any atom is 0.326 e. The Morgan fingerprint density at radius 3 is 2.56 bits per heavy atom. The summed E-state index contributed by atoms with van der Waals surface area (Å²) in [6.07, 6.45) is 1.42. The Morgan fingerprint density at radius 2 is 2.11 bits per heavy atom. The molecule has 1 saturated heterocycles. The summed E-state index contributed by atoms with van der Waals surface area (Å²) in [6, 6.07) is -0.884.